The quantitative estimate of drug-likeness (QED) is 0.201. The first-order chi connectivity index (χ1) is 20.7. The number of rotatable bonds is 3. The highest BCUT2D eigenvalue weighted by molar-refractivity contribution is 7.25. The van der Waals surface area contributed by atoms with Crippen molar-refractivity contribution in [2.45, 2.75) is 0 Å². The summed E-state index contributed by atoms with van der Waals surface area (Å²) in [6, 6.07) is 46.0. The summed E-state index contributed by atoms with van der Waals surface area (Å²) >= 11 is 1.79. The normalized spacial score (nSPS) is 11.3. The smallest absolute Gasteiger partial charge is 0.211 e. The van der Waals surface area contributed by atoms with Crippen LogP contribution in [0.5, 0.6) is 0 Å². The van der Waals surface area contributed by atoms with Gasteiger partial charge in [-0.1, -0.05) is 84.9 Å². The first kappa shape index (κ1) is 24.1. The predicted molar refractivity (Wildman–Crippen MR) is 176 cm³/mol. The highest BCUT2D eigenvalue weighted by atomic mass is 32.1. The monoisotopic (exact) mass is 551 g/mol. The summed E-state index contributed by atoms with van der Waals surface area (Å²) in [5, 5.41) is 14.8. The van der Waals surface area contributed by atoms with E-state index in [9.17, 15) is 5.26 Å². The van der Waals surface area contributed by atoms with Gasteiger partial charge in [-0.25, -0.2) is 4.85 Å². The Morgan fingerprint density at radius 3 is 1.98 bits per heavy atom. The maximum atomic E-state index is 10.1. The number of fused-ring (bicyclic) bond motifs is 6. The van der Waals surface area contributed by atoms with Gasteiger partial charge in [0.15, 0.2) is 0 Å². The maximum absolute atomic E-state index is 10.1. The molecule has 8 rings (SSSR count). The molecule has 0 spiro atoms. The van der Waals surface area contributed by atoms with Crippen LogP contribution >= 0.6 is 11.3 Å². The van der Waals surface area contributed by atoms with Crippen molar-refractivity contribution >= 4 is 59.0 Å². The molecule has 0 amide bonds. The summed E-state index contributed by atoms with van der Waals surface area (Å²) in [4.78, 5) is 3.98. The number of aromatic nitrogens is 1. The topological polar surface area (TPSA) is 33.1 Å². The van der Waals surface area contributed by atoms with E-state index in [-0.39, 0.29) is 0 Å². The lowest BCUT2D eigenvalue weighted by Crippen LogP contribution is -1.98. The second-order valence-electron chi connectivity index (χ2n) is 10.3. The number of thiophene rings is 1. The molecule has 0 aliphatic carbocycles. The van der Waals surface area contributed by atoms with Gasteiger partial charge in [-0.3, -0.25) is 0 Å². The number of benzene rings is 6. The molecule has 8 aromatic rings. The molecule has 42 heavy (non-hydrogen) atoms. The summed E-state index contributed by atoms with van der Waals surface area (Å²) in [7, 11) is 0. The minimum Gasteiger partial charge on any atom is -0.318 e. The van der Waals surface area contributed by atoms with Crippen molar-refractivity contribution in [1.82, 2.24) is 4.57 Å². The molecular weight excluding hydrogens is 531 g/mol. The fourth-order valence-corrected chi connectivity index (χ4v) is 7.28. The van der Waals surface area contributed by atoms with Gasteiger partial charge in [0, 0.05) is 36.5 Å². The van der Waals surface area contributed by atoms with Gasteiger partial charge in [0.05, 0.1) is 34.9 Å². The average Bonchev–Trinajstić information content (AvgIpc) is 3.59. The Balaban J connectivity index is 1.40. The molecule has 2 aromatic heterocycles. The molecule has 4 heteroatoms. The molecule has 2 heterocycles. The molecular formula is C38H21N3S. The Morgan fingerprint density at radius 2 is 1.24 bits per heavy atom. The molecule has 0 bridgehead atoms. The van der Waals surface area contributed by atoms with Gasteiger partial charge >= 0.3 is 0 Å². The minimum absolute atomic E-state index is 0.580. The van der Waals surface area contributed by atoms with Gasteiger partial charge in [0.1, 0.15) is 0 Å². The Morgan fingerprint density at radius 1 is 0.595 bits per heavy atom. The number of nitriles is 1. The van der Waals surface area contributed by atoms with Gasteiger partial charge in [-0.15, -0.1) is 11.3 Å². The van der Waals surface area contributed by atoms with E-state index < -0.39 is 0 Å². The van der Waals surface area contributed by atoms with E-state index in [1.54, 1.807) is 11.3 Å². The molecule has 3 nitrogen and oxygen atoms in total. The Labute approximate surface area is 246 Å². The van der Waals surface area contributed by atoms with Crippen molar-refractivity contribution in [3.8, 4) is 34.0 Å². The van der Waals surface area contributed by atoms with Crippen LogP contribution in [-0.2, 0) is 0 Å². The van der Waals surface area contributed by atoms with Crippen LogP contribution in [0.3, 0.4) is 0 Å². The molecule has 0 unspecified atom stereocenters. The van der Waals surface area contributed by atoms with Crippen LogP contribution in [0.1, 0.15) is 5.56 Å². The van der Waals surface area contributed by atoms with Gasteiger partial charge in [-0.05, 0) is 59.2 Å². The summed E-state index contributed by atoms with van der Waals surface area (Å²) in [6.07, 6.45) is 0. The van der Waals surface area contributed by atoms with Gasteiger partial charge < -0.3 is 4.57 Å². The van der Waals surface area contributed by atoms with E-state index in [4.69, 9.17) is 6.57 Å². The Kier molecular flexibility index (Phi) is 5.44. The highest BCUT2D eigenvalue weighted by Gasteiger charge is 2.19. The molecule has 0 atom stereocenters. The highest BCUT2D eigenvalue weighted by Crippen LogP contribution is 2.42. The summed E-state index contributed by atoms with van der Waals surface area (Å²) in [6.45, 7) is 8.10. The molecule has 0 saturated carbocycles. The van der Waals surface area contributed by atoms with Crippen molar-refractivity contribution in [1.29, 1.82) is 5.26 Å². The fourth-order valence-electron chi connectivity index (χ4n) is 6.19. The van der Waals surface area contributed by atoms with E-state index in [2.05, 4.69) is 106 Å². The largest absolute Gasteiger partial charge is 0.318 e. The molecule has 0 aliphatic heterocycles. The van der Waals surface area contributed by atoms with Crippen LogP contribution in [-0.4, -0.2) is 4.57 Å². The van der Waals surface area contributed by atoms with Crippen LogP contribution in [0.25, 0.3) is 74.8 Å². The van der Waals surface area contributed by atoms with Crippen molar-refractivity contribution in [2.75, 3.05) is 0 Å². The third kappa shape index (κ3) is 3.57. The van der Waals surface area contributed by atoms with Crippen LogP contribution in [0.2, 0.25) is 0 Å². The first-order valence-corrected chi connectivity index (χ1v) is 14.5. The van der Waals surface area contributed by atoms with Gasteiger partial charge in [0.25, 0.3) is 0 Å². The molecule has 194 valence electrons. The predicted octanol–water partition coefficient (Wildman–Crippen LogP) is 10.9. The number of para-hydroxylation sites is 3. The van der Waals surface area contributed by atoms with Crippen molar-refractivity contribution in [3.05, 3.63) is 144 Å². The lowest BCUT2D eigenvalue weighted by atomic mass is 9.93. The zero-order valence-corrected chi connectivity index (χ0v) is 23.2. The SMILES string of the molecule is [C-]#[N+]c1cccc(-c2ccc(C#N)c(-c3ccc4sc5ccccc5c4c3)c2)c1-n1c2ccccc2c2ccccc21. The van der Waals surface area contributed by atoms with Crippen LogP contribution in [0.15, 0.2) is 127 Å². The summed E-state index contributed by atoms with van der Waals surface area (Å²) in [5.41, 5.74) is 7.95. The number of hydrogen-bond donors (Lipinski definition) is 0. The number of nitrogens with zero attached hydrogens (tertiary/aromatic N) is 3. The molecule has 0 aliphatic rings. The van der Waals surface area contributed by atoms with E-state index in [1.807, 2.05) is 36.4 Å². The first-order valence-electron chi connectivity index (χ1n) is 13.7. The molecule has 0 radical (unpaired) electrons. The van der Waals surface area contributed by atoms with Gasteiger partial charge in [-0.2, -0.15) is 5.26 Å². The number of hydrogen-bond acceptors (Lipinski definition) is 2. The standard InChI is InChI=1S/C38H21N3S/c1-40-33-13-8-12-27(38(33)41-34-14-5-2-9-28(34)29-10-3-6-15-35(29)41)24-17-18-26(23-39)31(21-24)25-19-20-37-32(22-25)30-11-4-7-16-36(30)42-37/h2-22H. The minimum atomic E-state index is 0.580. The second kappa shape index (κ2) is 9.46. The summed E-state index contributed by atoms with van der Waals surface area (Å²) < 4.78 is 4.70. The van der Waals surface area contributed by atoms with E-state index in [0.717, 1.165) is 49.7 Å². The molecule has 0 N–H and O–H groups in total. The van der Waals surface area contributed by atoms with Crippen molar-refractivity contribution in [3.63, 3.8) is 0 Å². The molecule has 0 saturated heterocycles. The third-order valence-electron chi connectivity index (χ3n) is 8.08. The van der Waals surface area contributed by atoms with Crippen molar-refractivity contribution < 1.29 is 0 Å². The average molecular weight is 552 g/mol. The summed E-state index contributed by atoms with van der Waals surface area (Å²) in [5.74, 6) is 0. The van der Waals surface area contributed by atoms with Crippen molar-refractivity contribution in [2.24, 2.45) is 0 Å². The lowest BCUT2D eigenvalue weighted by Gasteiger charge is -2.17. The Hall–Kier alpha value is -5.68. The van der Waals surface area contributed by atoms with E-state index in [0.29, 0.717) is 11.3 Å². The lowest BCUT2D eigenvalue weighted by molar-refractivity contribution is 1.19. The fraction of sp³-hybridized carbons (Fsp3) is 0. The Bertz CT molecular complexity index is 2390. The molecule has 6 aromatic carbocycles. The van der Waals surface area contributed by atoms with Gasteiger partial charge in [0.2, 0.25) is 5.69 Å². The van der Waals surface area contributed by atoms with Crippen LogP contribution in [0, 0.1) is 17.9 Å². The zero-order valence-electron chi connectivity index (χ0n) is 22.4. The van der Waals surface area contributed by atoms with E-state index in [1.165, 1.54) is 20.2 Å². The second-order valence-corrected chi connectivity index (χ2v) is 11.4. The molecule has 0 fully saturated rings. The van der Waals surface area contributed by atoms with E-state index >= 15 is 0 Å². The maximum Gasteiger partial charge on any atom is 0.211 e. The zero-order chi connectivity index (χ0) is 28.2. The van der Waals surface area contributed by atoms with Crippen LogP contribution in [0.4, 0.5) is 5.69 Å². The third-order valence-corrected chi connectivity index (χ3v) is 9.23. The van der Waals surface area contributed by atoms with Crippen LogP contribution < -0.4 is 0 Å².